The summed E-state index contributed by atoms with van der Waals surface area (Å²) >= 11 is 0. The number of aliphatic hydroxyl groups is 1. The highest BCUT2D eigenvalue weighted by atomic mass is 16.3. The van der Waals surface area contributed by atoms with Crippen molar-refractivity contribution in [3.8, 4) is 6.07 Å². The first-order chi connectivity index (χ1) is 8.43. The summed E-state index contributed by atoms with van der Waals surface area (Å²) in [5.41, 5.74) is 0. The van der Waals surface area contributed by atoms with Gasteiger partial charge in [-0.3, -0.25) is 9.69 Å². The molecule has 18 heavy (non-hydrogen) atoms. The molecule has 3 unspecified atom stereocenters. The predicted molar refractivity (Wildman–Crippen MR) is 68.6 cm³/mol. The summed E-state index contributed by atoms with van der Waals surface area (Å²) in [7, 11) is 0. The number of aliphatic hydroxyl groups excluding tert-OH is 1. The Kier molecular flexibility index (Phi) is 5.57. The number of nitrogens with zero attached hydrogens (tertiary/aromatic N) is 2. The summed E-state index contributed by atoms with van der Waals surface area (Å²) in [6.07, 6.45) is 0.364. The number of hydrogen-bond donors (Lipinski definition) is 2. The van der Waals surface area contributed by atoms with Crippen LogP contribution >= 0.6 is 0 Å². The van der Waals surface area contributed by atoms with Gasteiger partial charge in [-0.05, 0) is 19.3 Å². The molecule has 3 atom stereocenters. The van der Waals surface area contributed by atoms with Gasteiger partial charge in [-0.25, -0.2) is 0 Å². The molecule has 5 nitrogen and oxygen atoms in total. The molecule has 0 aromatic rings. The molecule has 0 aliphatic carbocycles. The number of piperidine rings is 1. The summed E-state index contributed by atoms with van der Waals surface area (Å²) < 4.78 is 0. The Morgan fingerprint density at radius 1 is 1.50 bits per heavy atom. The number of amides is 1. The van der Waals surface area contributed by atoms with E-state index in [9.17, 15) is 9.90 Å². The fraction of sp³-hybridized carbons (Fsp3) is 0.846. The van der Waals surface area contributed by atoms with Gasteiger partial charge in [0.15, 0.2) is 0 Å². The second-order valence-corrected chi connectivity index (χ2v) is 5.45. The van der Waals surface area contributed by atoms with Gasteiger partial charge >= 0.3 is 0 Å². The van der Waals surface area contributed by atoms with E-state index in [2.05, 4.69) is 11.4 Å². The van der Waals surface area contributed by atoms with Gasteiger partial charge in [0.25, 0.3) is 0 Å². The maximum Gasteiger partial charge on any atom is 0.222 e. The van der Waals surface area contributed by atoms with E-state index in [0.717, 1.165) is 13.0 Å². The van der Waals surface area contributed by atoms with Gasteiger partial charge in [0.1, 0.15) is 0 Å². The molecule has 1 heterocycles. The van der Waals surface area contributed by atoms with Crippen molar-refractivity contribution in [3.63, 3.8) is 0 Å². The highest BCUT2D eigenvalue weighted by Crippen LogP contribution is 2.20. The lowest BCUT2D eigenvalue weighted by molar-refractivity contribution is -0.125. The first-order valence-electron chi connectivity index (χ1n) is 6.51. The second-order valence-electron chi connectivity index (χ2n) is 5.45. The normalized spacial score (nSPS) is 26.7. The van der Waals surface area contributed by atoms with Crippen LogP contribution in [0.4, 0.5) is 0 Å². The lowest BCUT2D eigenvalue weighted by atomic mass is 9.90. The molecule has 102 valence electrons. The first-order valence-corrected chi connectivity index (χ1v) is 6.51. The Morgan fingerprint density at radius 3 is 2.67 bits per heavy atom. The zero-order chi connectivity index (χ0) is 13.7. The molecule has 0 saturated carbocycles. The molecule has 0 aromatic heterocycles. The SMILES string of the molecule is CC(C)C(=O)NC1CC(C(C)O)CN(CC#N)C1. The number of carbonyl (C=O) groups excluding carboxylic acids is 1. The number of hydrogen-bond acceptors (Lipinski definition) is 4. The molecule has 1 aliphatic heterocycles. The van der Waals surface area contributed by atoms with Crippen molar-refractivity contribution in [2.24, 2.45) is 11.8 Å². The average molecular weight is 253 g/mol. The quantitative estimate of drug-likeness (QED) is 0.709. The van der Waals surface area contributed by atoms with Crippen LogP contribution in [0.25, 0.3) is 0 Å². The van der Waals surface area contributed by atoms with Crippen molar-refractivity contribution in [2.75, 3.05) is 19.6 Å². The van der Waals surface area contributed by atoms with Crippen molar-refractivity contribution >= 4 is 5.91 Å². The van der Waals surface area contributed by atoms with E-state index < -0.39 is 6.10 Å². The number of carbonyl (C=O) groups is 1. The Morgan fingerprint density at radius 2 is 2.17 bits per heavy atom. The minimum Gasteiger partial charge on any atom is -0.393 e. The van der Waals surface area contributed by atoms with Crippen LogP contribution in [0, 0.1) is 23.2 Å². The first kappa shape index (κ1) is 14.9. The predicted octanol–water partition coefficient (Wildman–Crippen LogP) is 0.353. The lowest BCUT2D eigenvalue weighted by Crippen LogP contribution is -2.53. The molecule has 5 heteroatoms. The third-order valence-electron chi connectivity index (χ3n) is 3.41. The fourth-order valence-corrected chi connectivity index (χ4v) is 2.28. The van der Waals surface area contributed by atoms with Crippen LogP contribution in [0.5, 0.6) is 0 Å². The van der Waals surface area contributed by atoms with Crippen LogP contribution < -0.4 is 5.32 Å². The van der Waals surface area contributed by atoms with Crippen LogP contribution in [-0.4, -0.2) is 47.7 Å². The van der Waals surface area contributed by atoms with Crippen LogP contribution in [0.1, 0.15) is 27.2 Å². The average Bonchev–Trinajstić information content (AvgIpc) is 2.28. The van der Waals surface area contributed by atoms with Crippen LogP contribution in [0.2, 0.25) is 0 Å². The second kappa shape index (κ2) is 6.72. The number of rotatable bonds is 4. The minimum atomic E-state index is -0.412. The van der Waals surface area contributed by atoms with E-state index in [-0.39, 0.29) is 23.8 Å². The highest BCUT2D eigenvalue weighted by molar-refractivity contribution is 5.78. The summed E-state index contributed by atoms with van der Waals surface area (Å²) in [5.74, 6) is 0.106. The fourth-order valence-electron chi connectivity index (χ4n) is 2.28. The molecule has 1 fully saturated rings. The Bertz CT molecular complexity index is 323. The summed E-state index contributed by atoms with van der Waals surface area (Å²) in [6.45, 7) is 7.24. The largest absolute Gasteiger partial charge is 0.393 e. The van der Waals surface area contributed by atoms with Crippen LogP contribution in [0.3, 0.4) is 0 Å². The molecule has 0 bridgehead atoms. The molecule has 2 N–H and O–H groups in total. The lowest BCUT2D eigenvalue weighted by Gasteiger charge is -2.38. The monoisotopic (exact) mass is 253 g/mol. The Labute approximate surface area is 109 Å². The number of nitrogens with one attached hydrogen (secondary N) is 1. The summed E-state index contributed by atoms with van der Waals surface area (Å²) in [5, 5.41) is 21.5. The van der Waals surface area contributed by atoms with Gasteiger partial charge < -0.3 is 10.4 Å². The maximum absolute atomic E-state index is 11.7. The third-order valence-corrected chi connectivity index (χ3v) is 3.41. The molecule has 1 saturated heterocycles. The van der Waals surface area contributed by atoms with Gasteiger partial charge in [-0.15, -0.1) is 0 Å². The molecule has 0 aromatic carbocycles. The third kappa shape index (κ3) is 4.28. The van der Waals surface area contributed by atoms with Gasteiger partial charge in [0, 0.05) is 25.0 Å². The summed E-state index contributed by atoms with van der Waals surface area (Å²) in [4.78, 5) is 13.7. The standard InChI is InChI=1S/C13H23N3O2/c1-9(2)13(18)15-12-6-11(10(3)17)7-16(8-12)5-4-14/h9-12,17H,5-8H2,1-3H3,(H,15,18). The molecule has 0 spiro atoms. The van der Waals surface area contributed by atoms with E-state index in [0.29, 0.717) is 13.1 Å². The Hall–Kier alpha value is -1.12. The molecule has 0 radical (unpaired) electrons. The smallest absolute Gasteiger partial charge is 0.222 e. The van der Waals surface area contributed by atoms with Crippen molar-refractivity contribution in [1.82, 2.24) is 10.2 Å². The maximum atomic E-state index is 11.7. The molecular weight excluding hydrogens is 230 g/mol. The van der Waals surface area contributed by atoms with Gasteiger partial charge in [0.05, 0.1) is 18.7 Å². The Balaban J connectivity index is 2.61. The van der Waals surface area contributed by atoms with Crippen LogP contribution in [-0.2, 0) is 4.79 Å². The number of likely N-dealkylation sites (tertiary alicyclic amines) is 1. The molecule has 1 rings (SSSR count). The van der Waals surface area contributed by atoms with E-state index in [1.807, 2.05) is 18.7 Å². The topological polar surface area (TPSA) is 76.4 Å². The van der Waals surface area contributed by atoms with E-state index >= 15 is 0 Å². The van der Waals surface area contributed by atoms with Gasteiger partial charge in [-0.1, -0.05) is 13.8 Å². The number of nitriles is 1. The molecule has 1 amide bonds. The van der Waals surface area contributed by atoms with E-state index in [1.54, 1.807) is 6.92 Å². The zero-order valence-electron chi connectivity index (χ0n) is 11.4. The van der Waals surface area contributed by atoms with Crippen molar-refractivity contribution < 1.29 is 9.90 Å². The minimum absolute atomic E-state index is 0.0293. The molecular formula is C13H23N3O2. The zero-order valence-corrected chi connectivity index (χ0v) is 11.4. The van der Waals surface area contributed by atoms with E-state index in [1.165, 1.54) is 0 Å². The summed E-state index contributed by atoms with van der Waals surface area (Å²) in [6, 6.07) is 2.15. The molecule has 1 aliphatic rings. The van der Waals surface area contributed by atoms with Gasteiger partial charge in [-0.2, -0.15) is 5.26 Å². The van der Waals surface area contributed by atoms with Crippen molar-refractivity contribution in [2.45, 2.75) is 39.3 Å². The highest BCUT2D eigenvalue weighted by Gasteiger charge is 2.30. The van der Waals surface area contributed by atoms with Gasteiger partial charge in [0.2, 0.25) is 5.91 Å². The van der Waals surface area contributed by atoms with Crippen LogP contribution in [0.15, 0.2) is 0 Å². The van der Waals surface area contributed by atoms with Crippen molar-refractivity contribution in [1.29, 1.82) is 5.26 Å². The van der Waals surface area contributed by atoms with Crippen molar-refractivity contribution in [3.05, 3.63) is 0 Å². The van der Waals surface area contributed by atoms with E-state index in [4.69, 9.17) is 5.26 Å².